The SMILES string of the molecule is Cc1c(Oc2cccc(-c3cc[nH]n3)c2)ccc2c1ccn2SI. The Kier molecular flexibility index (Phi) is 4.24. The summed E-state index contributed by atoms with van der Waals surface area (Å²) in [6, 6.07) is 16.2. The minimum absolute atomic E-state index is 0.806. The highest BCUT2D eigenvalue weighted by atomic mass is 127. The molecule has 0 aliphatic carbocycles. The summed E-state index contributed by atoms with van der Waals surface area (Å²) in [4.78, 5) is 0. The largest absolute Gasteiger partial charge is 0.457 e. The topological polar surface area (TPSA) is 42.8 Å². The lowest BCUT2D eigenvalue weighted by Gasteiger charge is -2.11. The number of nitrogens with one attached hydrogen (secondary N) is 1. The van der Waals surface area contributed by atoms with Gasteiger partial charge in [-0.1, -0.05) is 12.1 Å². The molecule has 4 aromatic rings. The van der Waals surface area contributed by atoms with Gasteiger partial charge in [-0.05, 0) is 43.3 Å². The van der Waals surface area contributed by atoms with Crippen LogP contribution < -0.4 is 4.74 Å². The second kappa shape index (κ2) is 6.52. The molecular formula is C18H14IN3OS. The Morgan fingerprint density at radius 2 is 2.08 bits per heavy atom. The van der Waals surface area contributed by atoms with Gasteiger partial charge in [-0.15, -0.1) is 0 Å². The molecule has 24 heavy (non-hydrogen) atoms. The number of hydrogen-bond donors (Lipinski definition) is 1. The van der Waals surface area contributed by atoms with E-state index in [1.807, 2.05) is 42.6 Å². The van der Waals surface area contributed by atoms with Gasteiger partial charge in [-0.3, -0.25) is 9.07 Å². The van der Waals surface area contributed by atoms with Crippen molar-refractivity contribution < 1.29 is 4.74 Å². The predicted octanol–water partition coefficient (Wildman–Crippen LogP) is 5.98. The maximum absolute atomic E-state index is 6.14. The van der Waals surface area contributed by atoms with Crippen LogP contribution >= 0.6 is 30.3 Å². The molecule has 0 unspecified atom stereocenters. The normalized spacial score (nSPS) is 11.1. The van der Waals surface area contributed by atoms with Crippen LogP contribution in [0.1, 0.15) is 5.56 Å². The lowest BCUT2D eigenvalue weighted by molar-refractivity contribution is 0.480. The van der Waals surface area contributed by atoms with Crippen LogP contribution in [-0.2, 0) is 0 Å². The van der Waals surface area contributed by atoms with Gasteiger partial charge >= 0.3 is 0 Å². The Morgan fingerprint density at radius 1 is 1.17 bits per heavy atom. The molecule has 0 bridgehead atoms. The molecule has 0 atom stereocenters. The average molecular weight is 447 g/mol. The molecule has 0 aliphatic heterocycles. The molecule has 4 nitrogen and oxygen atoms in total. The summed E-state index contributed by atoms with van der Waals surface area (Å²) in [5, 5.41) is 8.27. The molecule has 0 saturated carbocycles. The van der Waals surface area contributed by atoms with Crippen LogP contribution in [0.4, 0.5) is 0 Å². The smallest absolute Gasteiger partial charge is 0.131 e. The van der Waals surface area contributed by atoms with Crippen molar-refractivity contribution in [3.63, 3.8) is 0 Å². The highest BCUT2D eigenvalue weighted by Crippen LogP contribution is 2.34. The van der Waals surface area contributed by atoms with Crippen LogP contribution in [0.2, 0.25) is 0 Å². The summed E-state index contributed by atoms with van der Waals surface area (Å²) >= 11 is 2.29. The van der Waals surface area contributed by atoms with E-state index >= 15 is 0 Å². The van der Waals surface area contributed by atoms with E-state index in [9.17, 15) is 0 Å². The number of nitrogens with zero attached hydrogens (tertiary/aromatic N) is 2. The van der Waals surface area contributed by atoms with E-state index in [-0.39, 0.29) is 0 Å². The maximum Gasteiger partial charge on any atom is 0.131 e. The van der Waals surface area contributed by atoms with Gasteiger partial charge in [0.2, 0.25) is 0 Å². The van der Waals surface area contributed by atoms with Gasteiger partial charge in [0.1, 0.15) is 11.5 Å². The van der Waals surface area contributed by atoms with E-state index in [1.165, 1.54) is 10.9 Å². The summed E-state index contributed by atoms with van der Waals surface area (Å²) in [5.74, 6) is 1.68. The number of aromatic nitrogens is 3. The molecule has 0 fully saturated rings. The first-order valence-corrected chi connectivity index (χ1v) is 10.8. The van der Waals surface area contributed by atoms with Crippen LogP contribution in [-0.4, -0.2) is 14.2 Å². The zero-order valence-corrected chi connectivity index (χ0v) is 15.8. The molecule has 0 radical (unpaired) electrons. The minimum Gasteiger partial charge on any atom is -0.457 e. The van der Waals surface area contributed by atoms with Gasteiger partial charge < -0.3 is 4.74 Å². The second-order valence-corrected chi connectivity index (χ2v) is 7.13. The number of benzene rings is 2. The zero-order chi connectivity index (χ0) is 16.5. The molecule has 6 heteroatoms. The van der Waals surface area contributed by atoms with Gasteiger partial charge in [0, 0.05) is 59.2 Å². The van der Waals surface area contributed by atoms with E-state index in [0.717, 1.165) is 28.3 Å². The van der Waals surface area contributed by atoms with Gasteiger partial charge in [0.25, 0.3) is 0 Å². The first-order chi connectivity index (χ1) is 11.8. The number of aromatic amines is 1. The number of aryl methyl sites for hydroxylation is 1. The predicted molar refractivity (Wildman–Crippen MR) is 108 cm³/mol. The third-order valence-electron chi connectivity index (χ3n) is 3.99. The molecule has 2 heterocycles. The van der Waals surface area contributed by atoms with Crippen LogP contribution in [0.25, 0.3) is 22.2 Å². The molecule has 4 rings (SSSR count). The van der Waals surface area contributed by atoms with Gasteiger partial charge in [0.15, 0.2) is 0 Å². The molecule has 1 N–H and O–H groups in total. The molecule has 0 amide bonds. The second-order valence-electron chi connectivity index (χ2n) is 5.42. The van der Waals surface area contributed by atoms with Crippen molar-refractivity contribution in [1.29, 1.82) is 0 Å². The number of rotatable bonds is 4. The highest BCUT2D eigenvalue weighted by molar-refractivity contribution is 14.2. The quantitative estimate of drug-likeness (QED) is 0.392. The fourth-order valence-electron chi connectivity index (χ4n) is 2.76. The zero-order valence-electron chi connectivity index (χ0n) is 12.9. The van der Waals surface area contributed by atoms with Crippen LogP contribution in [0.15, 0.2) is 60.9 Å². The van der Waals surface area contributed by atoms with Crippen molar-refractivity contribution in [1.82, 2.24) is 14.2 Å². The van der Waals surface area contributed by atoms with Crippen molar-refractivity contribution in [2.45, 2.75) is 6.92 Å². The van der Waals surface area contributed by atoms with Crippen LogP contribution in [0.3, 0.4) is 0 Å². The lowest BCUT2D eigenvalue weighted by atomic mass is 10.1. The van der Waals surface area contributed by atoms with Crippen molar-refractivity contribution in [2.75, 3.05) is 0 Å². The maximum atomic E-state index is 6.14. The van der Waals surface area contributed by atoms with Gasteiger partial charge in [-0.25, -0.2) is 0 Å². The number of fused-ring (bicyclic) bond motifs is 1. The summed E-state index contributed by atoms with van der Waals surface area (Å²) in [6.45, 7) is 2.09. The number of hydrogen-bond acceptors (Lipinski definition) is 3. The first-order valence-electron chi connectivity index (χ1n) is 7.44. The summed E-state index contributed by atoms with van der Waals surface area (Å²) in [6.07, 6.45) is 3.90. The molecule has 2 aromatic carbocycles. The standard InChI is InChI=1S/C18H14IN3OS/c1-12-15-8-10-22(24-19)17(15)5-6-18(12)23-14-4-2-3-13(11-14)16-7-9-20-21-16/h2-11H,1H3,(H,20,21). The van der Waals surface area contributed by atoms with E-state index in [2.05, 4.69) is 60.6 Å². The van der Waals surface area contributed by atoms with Gasteiger partial charge in [0.05, 0.1) is 11.2 Å². The summed E-state index contributed by atoms with van der Waals surface area (Å²) in [7, 11) is 1.66. The molecule has 0 aliphatic rings. The molecule has 0 saturated heterocycles. The van der Waals surface area contributed by atoms with Crippen LogP contribution in [0.5, 0.6) is 11.5 Å². The fraction of sp³-hybridized carbons (Fsp3) is 0.0556. The van der Waals surface area contributed by atoms with E-state index in [4.69, 9.17) is 4.74 Å². The lowest BCUT2D eigenvalue weighted by Crippen LogP contribution is -1.90. The Bertz CT molecular complexity index is 995. The van der Waals surface area contributed by atoms with E-state index in [0.29, 0.717) is 0 Å². The summed E-state index contributed by atoms with van der Waals surface area (Å²) in [5.41, 5.74) is 4.27. The molecule has 120 valence electrons. The van der Waals surface area contributed by atoms with Crippen molar-refractivity contribution in [3.8, 4) is 22.8 Å². The average Bonchev–Trinajstić information content (AvgIpc) is 3.27. The number of H-pyrrole nitrogens is 1. The third-order valence-corrected chi connectivity index (χ3v) is 5.73. The Balaban J connectivity index is 1.69. The number of halogens is 1. The number of ether oxygens (including phenoxy) is 1. The first kappa shape index (κ1) is 15.6. The van der Waals surface area contributed by atoms with Crippen molar-refractivity contribution >= 4 is 41.2 Å². The fourth-order valence-corrected chi connectivity index (χ4v) is 4.13. The van der Waals surface area contributed by atoms with Crippen molar-refractivity contribution in [2.24, 2.45) is 0 Å². The van der Waals surface area contributed by atoms with E-state index in [1.54, 1.807) is 9.12 Å². The Labute approximate surface area is 155 Å². The minimum atomic E-state index is 0.806. The monoisotopic (exact) mass is 447 g/mol. The van der Waals surface area contributed by atoms with Gasteiger partial charge in [-0.2, -0.15) is 5.10 Å². The summed E-state index contributed by atoms with van der Waals surface area (Å²) < 4.78 is 8.29. The Hall–Kier alpha value is -1.93. The highest BCUT2D eigenvalue weighted by Gasteiger charge is 2.10. The van der Waals surface area contributed by atoms with E-state index < -0.39 is 0 Å². The molecule has 0 spiro atoms. The Morgan fingerprint density at radius 3 is 2.88 bits per heavy atom. The third kappa shape index (κ3) is 2.80. The van der Waals surface area contributed by atoms with Crippen molar-refractivity contribution in [3.05, 3.63) is 66.5 Å². The molecular weight excluding hydrogens is 433 g/mol. The van der Waals surface area contributed by atoms with Crippen LogP contribution in [0, 0.1) is 6.92 Å². The molecule has 2 aromatic heterocycles.